The maximum Gasteiger partial charge on any atom is 0.159 e. The molecule has 0 aromatic carbocycles. The molecule has 0 saturated carbocycles. The highest BCUT2D eigenvalue weighted by Gasteiger charge is 2.01. The molecule has 2 N–H and O–H groups in total. The first kappa shape index (κ1) is 5.53. The fourth-order valence-corrected chi connectivity index (χ4v) is 1.15. The van der Waals surface area contributed by atoms with E-state index in [4.69, 9.17) is 0 Å². The molecule has 52 valence electrons. The first-order valence-electron chi connectivity index (χ1n) is 3.27. The van der Waals surface area contributed by atoms with Crippen LogP contribution < -0.4 is 0 Å². The molecule has 0 aliphatic heterocycles. The van der Waals surface area contributed by atoms with Crippen LogP contribution in [0.4, 0.5) is 0 Å². The minimum atomic E-state index is 0.954. The van der Waals surface area contributed by atoms with Gasteiger partial charge in [0.1, 0.15) is 0 Å². The Morgan fingerprint density at radius 1 is 1.40 bits per heavy atom. The molecule has 0 unspecified atom stereocenters. The first-order valence-corrected chi connectivity index (χ1v) is 3.27. The minimum absolute atomic E-state index is 0.954. The molecule has 2 aromatic heterocycles. The van der Waals surface area contributed by atoms with E-state index in [1.54, 1.807) is 0 Å². The lowest BCUT2D eigenvalue weighted by Crippen LogP contribution is -1.72. The summed E-state index contributed by atoms with van der Waals surface area (Å²) >= 11 is 0. The fraction of sp³-hybridized carbons (Fsp3) is 0.286. The first-order chi connectivity index (χ1) is 4.77. The quantitative estimate of drug-likeness (QED) is 0.565. The largest absolute Gasteiger partial charge is 0.342 e. The second kappa shape index (κ2) is 1.62. The maximum absolute atomic E-state index is 4.06. The molecule has 2 aromatic rings. The van der Waals surface area contributed by atoms with Gasteiger partial charge in [-0.25, -0.2) is 0 Å². The summed E-state index contributed by atoms with van der Waals surface area (Å²) in [5.74, 6) is 0. The predicted molar refractivity (Wildman–Crippen MR) is 39.9 cm³/mol. The van der Waals surface area contributed by atoms with Crippen molar-refractivity contribution in [1.82, 2.24) is 15.2 Å². The number of rotatable bonds is 0. The summed E-state index contributed by atoms with van der Waals surface area (Å²) in [6, 6.07) is 2.09. The summed E-state index contributed by atoms with van der Waals surface area (Å²) in [6.45, 7) is 4.05. The van der Waals surface area contributed by atoms with Crippen LogP contribution in [0.25, 0.3) is 11.0 Å². The molecule has 0 saturated heterocycles. The molecule has 0 spiro atoms. The predicted octanol–water partition coefficient (Wildman–Crippen LogP) is 1.51. The Kier molecular flexibility index (Phi) is 0.897. The molecule has 2 rings (SSSR count). The molecular weight excluding hydrogens is 126 g/mol. The average Bonchev–Trinajstić information content (AvgIpc) is 2.35. The summed E-state index contributed by atoms with van der Waals surface area (Å²) in [4.78, 5) is 3.14. The van der Waals surface area contributed by atoms with Crippen molar-refractivity contribution in [2.24, 2.45) is 0 Å². The van der Waals surface area contributed by atoms with E-state index in [1.165, 1.54) is 5.39 Å². The van der Waals surface area contributed by atoms with Gasteiger partial charge in [0.25, 0.3) is 0 Å². The molecule has 0 radical (unpaired) electrons. The number of fused-ring (bicyclic) bond motifs is 1. The maximum atomic E-state index is 4.06. The highest BCUT2D eigenvalue weighted by molar-refractivity contribution is 5.79. The monoisotopic (exact) mass is 135 g/mol. The topological polar surface area (TPSA) is 44.5 Å². The van der Waals surface area contributed by atoms with Crippen LogP contribution in [0.3, 0.4) is 0 Å². The third-order valence-corrected chi connectivity index (χ3v) is 1.67. The molecule has 0 aliphatic rings. The third-order valence-electron chi connectivity index (χ3n) is 1.67. The molecule has 0 fully saturated rings. The molecule has 3 nitrogen and oxygen atoms in total. The van der Waals surface area contributed by atoms with E-state index < -0.39 is 0 Å². The Morgan fingerprint density at radius 2 is 2.20 bits per heavy atom. The Bertz CT molecular complexity index is 356. The zero-order chi connectivity index (χ0) is 7.14. The lowest BCUT2D eigenvalue weighted by molar-refractivity contribution is 1.05. The zero-order valence-electron chi connectivity index (χ0n) is 6.02. The summed E-state index contributed by atoms with van der Waals surface area (Å²) in [5.41, 5.74) is 3.24. The Hall–Kier alpha value is -1.25. The van der Waals surface area contributed by atoms with Crippen LogP contribution in [0.15, 0.2) is 6.07 Å². The number of H-pyrrole nitrogens is 2. The van der Waals surface area contributed by atoms with Gasteiger partial charge in [0, 0.05) is 16.8 Å². The summed E-state index contributed by atoms with van der Waals surface area (Å²) in [7, 11) is 0. The molecule has 2 heterocycles. The van der Waals surface area contributed by atoms with Crippen LogP contribution in [0.5, 0.6) is 0 Å². The Morgan fingerprint density at radius 3 is 2.90 bits per heavy atom. The van der Waals surface area contributed by atoms with Gasteiger partial charge < -0.3 is 4.98 Å². The van der Waals surface area contributed by atoms with E-state index >= 15 is 0 Å². The molecule has 0 bridgehead atoms. The van der Waals surface area contributed by atoms with Crippen molar-refractivity contribution in [3.05, 3.63) is 17.5 Å². The SMILES string of the molecule is Cc1cc2c(C)[nH]nc2[nH]1. The molecular formula is C7H9N3. The molecule has 0 aliphatic carbocycles. The van der Waals surface area contributed by atoms with E-state index in [2.05, 4.69) is 21.2 Å². The van der Waals surface area contributed by atoms with E-state index in [1.807, 2.05) is 13.8 Å². The minimum Gasteiger partial charge on any atom is -0.342 e. The number of aromatic amines is 2. The molecule has 0 atom stereocenters. The van der Waals surface area contributed by atoms with Crippen LogP contribution in [0.2, 0.25) is 0 Å². The summed E-state index contributed by atoms with van der Waals surface area (Å²) in [6.07, 6.45) is 0. The van der Waals surface area contributed by atoms with Gasteiger partial charge in [-0.15, -0.1) is 0 Å². The van der Waals surface area contributed by atoms with Crippen molar-refractivity contribution >= 4 is 11.0 Å². The highest BCUT2D eigenvalue weighted by Crippen LogP contribution is 2.14. The lowest BCUT2D eigenvalue weighted by atomic mass is 10.3. The number of aryl methyl sites for hydroxylation is 2. The van der Waals surface area contributed by atoms with Gasteiger partial charge in [-0.2, -0.15) is 5.10 Å². The van der Waals surface area contributed by atoms with Crippen molar-refractivity contribution in [3.8, 4) is 0 Å². The van der Waals surface area contributed by atoms with Gasteiger partial charge in [-0.1, -0.05) is 0 Å². The van der Waals surface area contributed by atoms with E-state index in [9.17, 15) is 0 Å². The lowest BCUT2D eigenvalue weighted by Gasteiger charge is -1.78. The smallest absolute Gasteiger partial charge is 0.159 e. The van der Waals surface area contributed by atoms with Gasteiger partial charge in [-0.3, -0.25) is 5.10 Å². The van der Waals surface area contributed by atoms with Gasteiger partial charge in [0.2, 0.25) is 0 Å². The van der Waals surface area contributed by atoms with Crippen LogP contribution in [0.1, 0.15) is 11.4 Å². The van der Waals surface area contributed by atoms with Crippen LogP contribution >= 0.6 is 0 Å². The molecule has 10 heavy (non-hydrogen) atoms. The Balaban J connectivity index is 2.90. The summed E-state index contributed by atoms with van der Waals surface area (Å²) < 4.78 is 0. The zero-order valence-corrected chi connectivity index (χ0v) is 6.02. The van der Waals surface area contributed by atoms with Crippen molar-refractivity contribution < 1.29 is 0 Å². The standard InChI is InChI=1S/C7H9N3/c1-4-3-6-5(2)9-10-7(6)8-4/h3H,1-2H3,(H2,8,9,10). The number of nitrogens with zero attached hydrogens (tertiary/aromatic N) is 1. The van der Waals surface area contributed by atoms with Gasteiger partial charge >= 0.3 is 0 Å². The molecule has 0 amide bonds. The molecule has 3 heteroatoms. The second-order valence-electron chi connectivity index (χ2n) is 2.56. The van der Waals surface area contributed by atoms with E-state index in [0.29, 0.717) is 0 Å². The number of hydrogen-bond acceptors (Lipinski definition) is 1. The van der Waals surface area contributed by atoms with Crippen molar-refractivity contribution in [2.75, 3.05) is 0 Å². The van der Waals surface area contributed by atoms with Crippen molar-refractivity contribution in [3.63, 3.8) is 0 Å². The third kappa shape index (κ3) is 0.572. The highest BCUT2D eigenvalue weighted by atomic mass is 15.1. The van der Waals surface area contributed by atoms with Crippen LogP contribution in [0, 0.1) is 13.8 Å². The fourth-order valence-electron chi connectivity index (χ4n) is 1.15. The number of aromatic nitrogens is 3. The van der Waals surface area contributed by atoms with E-state index in [0.717, 1.165) is 17.0 Å². The van der Waals surface area contributed by atoms with Crippen LogP contribution in [-0.4, -0.2) is 15.2 Å². The van der Waals surface area contributed by atoms with Gasteiger partial charge in [0.05, 0.1) is 0 Å². The van der Waals surface area contributed by atoms with Crippen molar-refractivity contribution in [1.29, 1.82) is 0 Å². The number of nitrogens with one attached hydrogen (secondary N) is 2. The van der Waals surface area contributed by atoms with Gasteiger partial charge in [-0.05, 0) is 19.9 Å². The Labute approximate surface area is 58.4 Å². The van der Waals surface area contributed by atoms with E-state index in [-0.39, 0.29) is 0 Å². The summed E-state index contributed by atoms with van der Waals surface area (Å²) in [5, 5.41) is 8.15. The van der Waals surface area contributed by atoms with Crippen molar-refractivity contribution in [2.45, 2.75) is 13.8 Å². The normalized spacial score (nSPS) is 11.0. The van der Waals surface area contributed by atoms with Crippen LogP contribution in [-0.2, 0) is 0 Å². The average molecular weight is 135 g/mol. The van der Waals surface area contributed by atoms with Gasteiger partial charge in [0.15, 0.2) is 5.65 Å². The second-order valence-corrected chi connectivity index (χ2v) is 2.56. The number of hydrogen-bond donors (Lipinski definition) is 2.